The maximum Gasteiger partial charge on any atom is 0.261 e. The molecule has 0 fully saturated rings. The molecule has 2 heteroatoms. The second-order valence-corrected chi connectivity index (χ2v) is 13.6. The molecule has 3 aromatic rings. The lowest BCUT2D eigenvalue weighted by Gasteiger charge is -2.12. The van der Waals surface area contributed by atoms with Crippen molar-refractivity contribution in [1.82, 2.24) is 4.57 Å². The predicted molar refractivity (Wildman–Crippen MR) is 192 cm³/mol. The summed E-state index contributed by atoms with van der Waals surface area (Å²) in [7, 11) is 0. The molecule has 1 heterocycles. The highest BCUT2D eigenvalue weighted by Gasteiger charge is 2.25. The first kappa shape index (κ1) is 36.1. The molecule has 1 unspecified atom stereocenters. The van der Waals surface area contributed by atoms with E-state index in [-0.39, 0.29) is 0 Å². The molecule has 0 amide bonds. The molecule has 0 saturated carbocycles. The van der Waals surface area contributed by atoms with Crippen LogP contribution in [-0.2, 0) is 25.9 Å². The van der Waals surface area contributed by atoms with Crippen LogP contribution in [-0.4, -0.2) is 4.57 Å². The quantitative estimate of drug-likeness (QED) is 0.0641. The van der Waals surface area contributed by atoms with Gasteiger partial charge in [-0.25, -0.2) is 9.13 Å². The van der Waals surface area contributed by atoms with Crippen LogP contribution in [0.15, 0.2) is 66.9 Å². The van der Waals surface area contributed by atoms with Gasteiger partial charge in [0.2, 0.25) is 0 Å². The maximum atomic E-state index is 2.74. The Morgan fingerprint density at radius 1 is 0.568 bits per heavy atom. The minimum Gasteiger partial charge on any atom is -0.234 e. The molecule has 244 valence electrons. The molecule has 44 heavy (non-hydrogen) atoms. The molecule has 3 rings (SSSR count). The van der Waals surface area contributed by atoms with Gasteiger partial charge in [-0.05, 0) is 42.7 Å². The highest BCUT2D eigenvalue weighted by molar-refractivity contribution is 5.21. The third-order valence-electron chi connectivity index (χ3n) is 9.62. The number of hydrogen-bond donors (Lipinski definition) is 0. The summed E-state index contributed by atoms with van der Waals surface area (Å²) in [4.78, 5) is 0. The van der Waals surface area contributed by atoms with Crippen molar-refractivity contribution in [1.29, 1.82) is 0 Å². The third-order valence-corrected chi connectivity index (χ3v) is 9.62. The lowest BCUT2D eigenvalue weighted by atomic mass is 9.96. The molecular formula is C42H67N2+. The molecule has 1 aromatic heterocycles. The second-order valence-electron chi connectivity index (χ2n) is 13.6. The van der Waals surface area contributed by atoms with Crippen LogP contribution >= 0.6 is 0 Å². The van der Waals surface area contributed by atoms with E-state index in [9.17, 15) is 0 Å². The van der Waals surface area contributed by atoms with E-state index in [2.05, 4.69) is 96.8 Å². The molecule has 0 aliphatic heterocycles. The van der Waals surface area contributed by atoms with Crippen LogP contribution in [0.5, 0.6) is 0 Å². The van der Waals surface area contributed by atoms with Gasteiger partial charge in [0.1, 0.15) is 11.9 Å². The van der Waals surface area contributed by atoms with Gasteiger partial charge >= 0.3 is 0 Å². The van der Waals surface area contributed by atoms with Crippen LogP contribution in [0.2, 0.25) is 0 Å². The van der Waals surface area contributed by atoms with E-state index < -0.39 is 0 Å². The number of nitrogens with zero attached hydrogens (tertiary/aromatic N) is 2. The second kappa shape index (κ2) is 23.1. The molecule has 2 nitrogen and oxygen atoms in total. The fourth-order valence-corrected chi connectivity index (χ4v) is 6.81. The van der Waals surface area contributed by atoms with Crippen LogP contribution in [0, 0.1) is 0 Å². The zero-order valence-corrected chi connectivity index (χ0v) is 29.1. The molecule has 2 aromatic carbocycles. The number of unbranched alkanes of at least 4 members (excludes halogenated alkanes) is 17. The van der Waals surface area contributed by atoms with Crippen molar-refractivity contribution >= 4 is 0 Å². The number of benzene rings is 2. The van der Waals surface area contributed by atoms with Crippen LogP contribution in [0.1, 0.15) is 171 Å². The van der Waals surface area contributed by atoms with Gasteiger partial charge in [-0.15, -0.1) is 0 Å². The van der Waals surface area contributed by atoms with Crippen molar-refractivity contribution in [3.63, 3.8) is 0 Å². The summed E-state index contributed by atoms with van der Waals surface area (Å²) in [5.74, 6) is 2.03. The fraction of sp³-hybridized carbons (Fsp3) is 0.643. The van der Waals surface area contributed by atoms with Gasteiger partial charge in [-0.2, -0.15) is 0 Å². The van der Waals surface area contributed by atoms with E-state index in [1.165, 1.54) is 145 Å². The number of aryl methyl sites for hydroxylation is 1. The Hall–Kier alpha value is -2.35. The molecule has 0 bridgehead atoms. The number of aromatic nitrogens is 2. The van der Waals surface area contributed by atoms with Crippen molar-refractivity contribution in [2.45, 2.75) is 175 Å². The van der Waals surface area contributed by atoms with E-state index in [0.29, 0.717) is 5.92 Å². The fourth-order valence-electron chi connectivity index (χ4n) is 6.81. The first-order valence-corrected chi connectivity index (χ1v) is 18.9. The summed E-state index contributed by atoms with van der Waals surface area (Å²) >= 11 is 0. The largest absolute Gasteiger partial charge is 0.261 e. The Morgan fingerprint density at radius 3 is 1.59 bits per heavy atom. The number of hydrogen-bond acceptors (Lipinski definition) is 0. The summed E-state index contributed by atoms with van der Waals surface area (Å²) in [6.07, 6.45) is 31.0. The van der Waals surface area contributed by atoms with Crippen molar-refractivity contribution in [2.75, 3.05) is 0 Å². The average molecular weight is 600 g/mol. The van der Waals surface area contributed by atoms with Crippen LogP contribution in [0.25, 0.3) is 0 Å². The highest BCUT2D eigenvalue weighted by Crippen LogP contribution is 2.21. The van der Waals surface area contributed by atoms with Crippen molar-refractivity contribution in [3.05, 3.63) is 89.5 Å². The summed E-state index contributed by atoms with van der Waals surface area (Å²) in [5, 5.41) is 0. The smallest absolute Gasteiger partial charge is 0.234 e. The third kappa shape index (κ3) is 14.2. The Morgan fingerprint density at radius 2 is 1.05 bits per heavy atom. The normalized spacial score (nSPS) is 12.2. The standard InChI is InChI=1S/C42H67N2/c1-4-6-8-10-12-14-16-17-19-27-33-43-37-41(35-38(3)40-31-25-22-26-32-40)44(42(43)36-39-29-23-21-24-30-39)34-28-20-18-15-13-11-9-7-5-2/h21-26,29-32,37-38H,4-20,27-28,33-36H2,1-3H3/q+1. The minimum absolute atomic E-state index is 0.517. The average Bonchev–Trinajstić information content (AvgIpc) is 3.36. The summed E-state index contributed by atoms with van der Waals surface area (Å²) in [6.45, 7) is 9.33. The van der Waals surface area contributed by atoms with E-state index in [1.54, 1.807) is 0 Å². The Balaban J connectivity index is 1.66. The van der Waals surface area contributed by atoms with Gasteiger partial charge in [0, 0.05) is 6.42 Å². The summed E-state index contributed by atoms with van der Waals surface area (Å²) in [6, 6.07) is 22.3. The number of imidazole rings is 1. The lowest BCUT2D eigenvalue weighted by molar-refractivity contribution is -0.710. The maximum absolute atomic E-state index is 2.74. The summed E-state index contributed by atoms with van der Waals surface area (Å²) in [5.41, 5.74) is 4.41. The van der Waals surface area contributed by atoms with Gasteiger partial charge in [0.05, 0.1) is 19.5 Å². The van der Waals surface area contributed by atoms with Crippen molar-refractivity contribution < 1.29 is 4.57 Å². The SMILES string of the molecule is CCCCCCCCCCCCn1cc(CC(C)c2ccccc2)[n+](CCCCCCCCCCC)c1Cc1ccccc1. The van der Waals surface area contributed by atoms with Crippen LogP contribution in [0.4, 0.5) is 0 Å². The molecule has 0 radical (unpaired) electrons. The zero-order chi connectivity index (χ0) is 31.1. The highest BCUT2D eigenvalue weighted by atomic mass is 15.2. The van der Waals surface area contributed by atoms with Crippen LogP contribution in [0.3, 0.4) is 0 Å². The van der Waals surface area contributed by atoms with Crippen LogP contribution < -0.4 is 4.57 Å². The van der Waals surface area contributed by atoms with Gasteiger partial charge in [0.15, 0.2) is 0 Å². The Labute approximate surface area is 272 Å². The monoisotopic (exact) mass is 600 g/mol. The van der Waals surface area contributed by atoms with E-state index in [0.717, 1.165) is 25.9 Å². The van der Waals surface area contributed by atoms with Crippen molar-refractivity contribution in [3.8, 4) is 0 Å². The molecular weight excluding hydrogens is 532 g/mol. The van der Waals surface area contributed by atoms with Gasteiger partial charge < -0.3 is 0 Å². The number of rotatable bonds is 26. The Bertz CT molecular complexity index is 1080. The summed E-state index contributed by atoms with van der Waals surface area (Å²) < 4.78 is 5.39. The molecule has 0 saturated heterocycles. The Kier molecular flexibility index (Phi) is 18.9. The van der Waals surface area contributed by atoms with E-state index in [1.807, 2.05) is 0 Å². The van der Waals surface area contributed by atoms with Gasteiger partial charge in [0.25, 0.3) is 5.82 Å². The minimum atomic E-state index is 0.517. The lowest BCUT2D eigenvalue weighted by Crippen LogP contribution is -2.41. The molecule has 1 atom stereocenters. The zero-order valence-electron chi connectivity index (χ0n) is 29.1. The van der Waals surface area contributed by atoms with Gasteiger partial charge in [-0.1, -0.05) is 178 Å². The molecule has 0 aliphatic carbocycles. The van der Waals surface area contributed by atoms with E-state index in [4.69, 9.17) is 0 Å². The van der Waals surface area contributed by atoms with Crippen molar-refractivity contribution in [2.24, 2.45) is 0 Å². The molecule has 0 spiro atoms. The first-order valence-electron chi connectivity index (χ1n) is 18.9. The van der Waals surface area contributed by atoms with Gasteiger partial charge in [-0.3, -0.25) is 0 Å². The first-order chi connectivity index (χ1) is 21.7. The molecule has 0 aliphatic rings. The van der Waals surface area contributed by atoms with E-state index >= 15 is 0 Å². The predicted octanol–water partition coefficient (Wildman–Crippen LogP) is 12.2. The molecule has 0 N–H and O–H groups in total. The topological polar surface area (TPSA) is 8.81 Å².